The van der Waals surface area contributed by atoms with Gasteiger partial charge < -0.3 is 15.8 Å². The van der Waals surface area contributed by atoms with E-state index in [-0.39, 0.29) is 18.0 Å². The van der Waals surface area contributed by atoms with E-state index in [9.17, 15) is 4.79 Å². The first-order valence-electron chi connectivity index (χ1n) is 9.29. The second-order valence-corrected chi connectivity index (χ2v) is 7.03. The Balaban J connectivity index is 1.54. The maximum Gasteiger partial charge on any atom is 0.220 e. The summed E-state index contributed by atoms with van der Waals surface area (Å²) in [6.45, 7) is 2.41. The van der Waals surface area contributed by atoms with Gasteiger partial charge >= 0.3 is 0 Å². The molecule has 1 aromatic heterocycles. The van der Waals surface area contributed by atoms with Gasteiger partial charge in [-0.25, -0.2) is 0 Å². The van der Waals surface area contributed by atoms with Gasteiger partial charge in [0.05, 0.1) is 11.7 Å². The summed E-state index contributed by atoms with van der Waals surface area (Å²) in [6.07, 6.45) is 5.48. The zero-order chi connectivity index (χ0) is 18.4. The number of amides is 1. The fraction of sp³-hybridized carbons (Fsp3) is 0.429. The average molecular weight is 353 g/mol. The molecule has 1 saturated carbocycles. The summed E-state index contributed by atoms with van der Waals surface area (Å²) < 4.78 is 5.82. The normalized spacial score (nSPS) is 20.5. The van der Waals surface area contributed by atoms with Gasteiger partial charge in [-0.15, -0.1) is 0 Å². The number of hydrogen-bond acceptors (Lipinski definition) is 4. The van der Waals surface area contributed by atoms with Gasteiger partial charge in [-0.05, 0) is 55.5 Å². The fourth-order valence-corrected chi connectivity index (χ4v) is 3.46. The van der Waals surface area contributed by atoms with E-state index in [0.29, 0.717) is 18.9 Å². The fourth-order valence-electron chi connectivity index (χ4n) is 3.46. The molecular weight excluding hydrogens is 326 g/mol. The lowest BCUT2D eigenvalue weighted by atomic mass is 9.99. The molecule has 3 atom stereocenters. The molecule has 0 radical (unpaired) electrons. The molecule has 138 valence electrons. The van der Waals surface area contributed by atoms with Crippen molar-refractivity contribution >= 4 is 5.91 Å². The van der Waals surface area contributed by atoms with Crippen LogP contribution in [0.2, 0.25) is 0 Å². The number of aromatic nitrogens is 1. The first-order valence-corrected chi connectivity index (χ1v) is 9.29. The van der Waals surface area contributed by atoms with Crippen LogP contribution in [0, 0.1) is 5.92 Å². The maximum absolute atomic E-state index is 12.3. The molecule has 5 heteroatoms. The lowest BCUT2D eigenvalue weighted by Gasteiger charge is -2.19. The number of benzene rings is 1. The standard InChI is InChI=1S/C21H27N3O2/c1-15(24-21(25)13-17-7-5-10-20(17)22)16-6-4-9-19(12-16)26-14-18-8-2-3-11-23-18/h2-4,6,8-9,11-12,15,17,20H,5,7,10,13-14,22H2,1H3,(H,24,25)/t15?,17-,20+/m0/s1. The number of carbonyl (C=O) groups excluding carboxylic acids is 1. The Labute approximate surface area is 155 Å². The first kappa shape index (κ1) is 18.4. The number of hydrogen-bond donors (Lipinski definition) is 2. The highest BCUT2D eigenvalue weighted by Crippen LogP contribution is 2.27. The molecule has 0 saturated heterocycles. The van der Waals surface area contributed by atoms with Crippen LogP contribution in [0.1, 0.15) is 49.9 Å². The van der Waals surface area contributed by atoms with Crippen LogP contribution in [0.15, 0.2) is 48.7 Å². The van der Waals surface area contributed by atoms with E-state index < -0.39 is 0 Å². The smallest absolute Gasteiger partial charge is 0.220 e. The van der Waals surface area contributed by atoms with Gasteiger partial charge in [0.1, 0.15) is 12.4 Å². The molecule has 1 heterocycles. The van der Waals surface area contributed by atoms with Crippen LogP contribution in [-0.2, 0) is 11.4 Å². The summed E-state index contributed by atoms with van der Waals surface area (Å²) in [5, 5.41) is 3.08. The molecule has 0 spiro atoms. The second kappa shape index (κ2) is 8.81. The monoisotopic (exact) mass is 353 g/mol. The Morgan fingerprint density at radius 1 is 1.31 bits per heavy atom. The quantitative estimate of drug-likeness (QED) is 0.800. The third-order valence-electron chi connectivity index (χ3n) is 5.01. The van der Waals surface area contributed by atoms with Gasteiger partial charge in [0.25, 0.3) is 0 Å². The Morgan fingerprint density at radius 2 is 2.19 bits per heavy atom. The maximum atomic E-state index is 12.3. The van der Waals surface area contributed by atoms with Gasteiger partial charge in [-0.3, -0.25) is 9.78 Å². The van der Waals surface area contributed by atoms with Crippen molar-refractivity contribution in [2.45, 2.75) is 51.3 Å². The molecule has 1 aliphatic rings. The SMILES string of the molecule is CC(NC(=O)C[C@@H]1CCC[C@H]1N)c1cccc(OCc2ccccn2)c1. The molecule has 1 unspecified atom stereocenters. The molecule has 1 aromatic carbocycles. The van der Waals surface area contributed by atoms with Crippen LogP contribution in [0.5, 0.6) is 5.75 Å². The average Bonchev–Trinajstić information content (AvgIpc) is 3.05. The predicted molar refractivity (Wildman–Crippen MR) is 102 cm³/mol. The minimum Gasteiger partial charge on any atom is -0.487 e. The predicted octanol–water partition coefficient (Wildman–Crippen LogP) is 3.36. The topological polar surface area (TPSA) is 77.2 Å². The summed E-state index contributed by atoms with van der Waals surface area (Å²) in [5.74, 6) is 1.15. The number of carbonyl (C=O) groups is 1. The number of nitrogens with zero attached hydrogens (tertiary/aromatic N) is 1. The Hall–Kier alpha value is -2.40. The molecule has 1 aliphatic carbocycles. The third-order valence-corrected chi connectivity index (χ3v) is 5.01. The Morgan fingerprint density at radius 3 is 2.92 bits per heavy atom. The summed E-state index contributed by atoms with van der Waals surface area (Å²) in [7, 11) is 0. The van der Waals surface area contributed by atoms with Crippen LogP contribution >= 0.6 is 0 Å². The van der Waals surface area contributed by atoms with Crippen molar-refractivity contribution in [3.63, 3.8) is 0 Å². The van der Waals surface area contributed by atoms with Gasteiger partial charge in [-0.1, -0.05) is 24.6 Å². The molecule has 3 rings (SSSR count). The van der Waals surface area contributed by atoms with Crippen LogP contribution in [-0.4, -0.2) is 16.9 Å². The van der Waals surface area contributed by atoms with E-state index in [0.717, 1.165) is 36.3 Å². The van der Waals surface area contributed by atoms with Crippen LogP contribution in [0.25, 0.3) is 0 Å². The van der Waals surface area contributed by atoms with E-state index in [1.165, 1.54) is 0 Å². The van der Waals surface area contributed by atoms with Gasteiger partial charge in [-0.2, -0.15) is 0 Å². The summed E-state index contributed by atoms with van der Waals surface area (Å²) in [4.78, 5) is 16.6. The van der Waals surface area contributed by atoms with Crippen LogP contribution in [0.3, 0.4) is 0 Å². The number of rotatable bonds is 7. The number of pyridine rings is 1. The second-order valence-electron chi connectivity index (χ2n) is 7.03. The number of nitrogens with two attached hydrogens (primary N) is 1. The molecule has 1 amide bonds. The van der Waals surface area contributed by atoms with Crippen molar-refractivity contribution in [1.29, 1.82) is 0 Å². The van der Waals surface area contributed by atoms with Crippen LogP contribution < -0.4 is 15.8 Å². The van der Waals surface area contributed by atoms with Crippen molar-refractivity contribution in [3.05, 3.63) is 59.9 Å². The molecule has 3 N–H and O–H groups in total. The highest BCUT2D eigenvalue weighted by atomic mass is 16.5. The Kier molecular flexibility index (Phi) is 6.23. The summed E-state index contributed by atoms with van der Waals surface area (Å²) >= 11 is 0. The molecule has 5 nitrogen and oxygen atoms in total. The van der Waals surface area contributed by atoms with E-state index in [1.54, 1.807) is 6.20 Å². The lowest BCUT2D eigenvalue weighted by Crippen LogP contribution is -2.32. The van der Waals surface area contributed by atoms with E-state index in [1.807, 2.05) is 49.4 Å². The first-order chi connectivity index (χ1) is 12.6. The molecule has 0 aliphatic heterocycles. The number of ether oxygens (including phenoxy) is 1. The molecule has 1 fully saturated rings. The largest absolute Gasteiger partial charge is 0.487 e. The molecule has 26 heavy (non-hydrogen) atoms. The van der Waals surface area contributed by atoms with Crippen molar-refractivity contribution in [3.8, 4) is 5.75 Å². The zero-order valence-corrected chi connectivity index (χ0v) is 15.2. The van der Waals surface area contributed by atoms with Crippen LogP contribution in [0.4, 0.5) is 0 Å². The molecule has 2 aromatic rings. The highest BCUT2D eigenvalue weighted by molar-refractivity contribution is 5.76. The van der Waals surface area contributed by atoms with Crippen molar-refractivity contribution in [2.75, 3.05) is 0 Å². The minimum absolute atomic E-state index is 0.0691. The van der Waals surface area contributed by atoms with Crippen molar-refractivity contribution in [2.24, 2.45) is 11.7 Å². The molecule has 0 bridgehead atoms. The summed E-state index contributed by atoms with van der Waals surface area (Å²) in [6, 6.07) is 13.7. The third kappa shape index (κ3) is 5.05. The van der Waals surface area contributed by atoms with Gasteiger partial charge in [0, 0.05) is 18.7 Å². The highest BCUT2D eigenvalue weighted by Gasteiger charge is 2.26. The lowest BCUT2D eigenvalue weighted by molar-refractivity contribution is -0.122. The van der Waals surface area contributed by atoms with Crippen molar-refractivity contribution in [1.82, 2.24) is 10.3 Å². The summed E-state index contributed by atoms with van der Waals surface area (Å²) in [5.41, 5.74) is 7.97. The minimum atomic E-state index is -0.0708. The van der Waals surface area contributed by atoms with E-state index >= 15 is 0 Å². The van der Waals surface area contributed by atoms with Gasteiger partial charge in [0.15, 0.2) is 0 Å². The Bertz CT molecular complexity index is 720. The van der Waals surface area contributed by atoms with Crippen molar-refractivity contribution < 1.29 is 9.53 Å². The van der Waals surface area contributed by atoms with Gasteiger partial charge in [0.2, 0.25) is 5.91 Å². The zero-order valence-electron chi connectivity index (χ0n) is 15.2. The van der Waals surface area contributed by atoms with E-state index in [2.05, 4.69) is 10.3 Å². The number of nitrogens with one attached hydrogen (secondary N) is 1. The molecular formula is C21H27N3O2. The van der Waals surface area contributed by atoms with E-state index in [4.69, 9.17) is 10.5 Å².